The summed E-state index contributed by atoms with van der Waals surface area (Å²) in [5.74, 6) is 0.100. The Morgan fingerprint density at radius 2 is 1.91 bits per heavy atom. The number of aromatic nitrogens is 1. The molecule has 0 bridgehead atoms. The third-order valence-electron chi connectivity index (χ3n) is 6.40. The van der Waals surface area contributed by atoms with Gasteiger partial charge in [0.15, 0.2) is 0 Å². The summed E-state index contributed by atoms with van der Waals surface area (Å²) < 4.78 is 19.9. The zero-order valence-electron chi connectivity index (χ0n) is 20.2. The molecule has 0 aliphatic carbocycles. The van der Waals surface area contributed by atoms with Crippen molar-refractivity contribution in [2.45, 2.75) is 38.8 Å². The van der Waals surface area contributed by atoms with E-state index in [9.17, 15) is 9.18 Å². The zero-order chi connectivity index (χ0) is 24.1. The quantitative estimate of drug-likeness (QED) is 0.466. The van der Waals surface area contributed by atoms with Crippen LogP contribution in [-0.4, -0.2) is 60.6 Å². The molecule has 1 saturated heterocycles. The number of carbonyl (C=O) groups is 1. The number of rotatable bonds is 8. The van der Waals surface area contributed by atoms with Crippen LogP contribution in [0.3, 0.4) is 0 Å². The minimum atomic E-state index is -0.420. The molecule has 4 rings (SSSR count). The maximum atomic E-state index is 13.9. The molecule has 0 spiro atoms. The number of nitrogens with zero attached hydrogens (tertiary/aromatic N) is 4. The average Bonchev–Trinajstić information content (AvgIpc) is 3.25. The standard InChI is InChI=1S/C27H33FN4O2/c1-20-10-7-8-15-32(20)27-24(25(29-34-27)21-11-5-4-6-12-21)19-31(17-16-30(2)3)26(33)22-13-9-14-23(28)18-22/h4-6,9,11-14,18,20H,7-8,10,15-17,19H2,1-3H3. The Kier molecular flexibility index (Phi) is 7.63. The molecular weight excluding hydrogens is 431 g/mol. The first-order chi connectivity index (χ1) is 16.4. The second kappa shape index (κ2) is 10.8. The minimum absolute atomic E-state index is 0.209. The van der Waals surface area contributed by atoms with Crippen LogP contribution in [0.5, 0.6) is 0 Å². The third kappa shape index (κ3) is 5.47. The Labute approximate surface area is 200 Å². The number of anilines is 1. The first-order valence-electron chi connectivity index (χ1n) is 11.9. The summed E-state index contributed by atoms with van der Waals surface area (Å²) in [6.07, 6.45) is 3.38. The molecule has 1 amide bonds. The van der Waals surface area contributed by atoms with E-state index in [4.69, 9.17) is 4.52 Å². The molecule has 1 atom stereocenters. The maximum Gasteiger partial charge on any atom is 0.254 e. The van der Waals surface area contributed by atoms with Crippen molar-refractivity contribution < 1.29 is 13.7 Å². The number of amides is 1. The monoisotopic (exact) mass is 464 g/mol. The molecule has 180 valence electrons. The molecule has 0 radical (unpaired) electrons. The lowest BCUT2D eigenvalue weighted by Gasteiger charge is -2.34. The van der Waals surface area contributed by atoms with Gasteiger partial charge in [0.05, 0.1) is 12.1 Å². The van der Waals surface area contributed by atoms with Crippen molar-refractivity contribution in [3.8, 4) is 11.3 Å². The summed E-state index contributed by atoms with van der Waals surface area (Å²) in [5.41, 5.74) is 2.92. The van der Waals surface area contributed by atoms with Crippen LogP contribution in [0.25, 0.3) is 11.3 Å². The molecule has 6 nitrogen and oxygen atoms in total. The van der Waals surface area contributed by atoms with E-state index in [0.717, 1.165) is 42.1 Å². The van der Waals surface area contributed by atoms with Crippen LogP contribution >= 0.6 is 0 Å². The molecule has 2 heterocycles. The molecule has 1 unspecified atom stereocenters. The Bertz CT molecular complexity index is 1100. The number of hydrogen-bond acceptors (Lipinski definition) is 5. The number of benzene rings is 2. The summed E-state index contributed by atoms with van der Waals surface area (Å²) in [6.45, 7) is 4.61. The largest absolute Gasteiger partial charge is 0.338 e. The highest BCUT2D eigenvalue weighted by atomic mass is 19.1. The van der Waals surface area contributed by atoms with Gasteiger partial charge >= 0.3 is 0 Å². The Hall–Kier alpha value is -3.19. The fraction of sp³-hybridized carbons (Fsp3) is 0.407. The summed E-state index contributed by atoms with van der Waals surface area (Å²) in [6, 6.07) is 16.1. The predicted molar refractivity (Wildman–Crippen MR) is 132 cm³/mol. The Morgan fingerprint density at radius 1 is 1.12 bits per heavy atom. The van der Waals surface area contributed by atoms with E-state index in [0.29, 0.717) is 31.2 Å². The molecule has 2 aromatic carbocycles. The molecule has 1 aliphatic rings. The van der Waals surface area contributed by atoms with Crippen molar-refractivity contribution in [3.63, 3.8) is 0 Å². The molecule has 1 aliphatic heterocycles. The highest BCUT2D eigenvalue weighted by Crippen LogP contribution is 2.35. The number of piperidine rings is 1. The van der Waals surface area contributed by atoms with Gasteiger partial charge in [-0.1, -0.05) is 41.6 Å². The lowest BCUT2D eigenvalue weighted by Crippen LogP contribution is -2.39. The number of hydrogen-bond donors (Lipinski definition) is 0. The summed E-state index contributed by atoms with van der Waals surface area (Å²) >= 11 is 0. The van der Waals surface area contributed by atoms with Crippen molar-refractivity contribution in [3.05, 3.63) is 71.5 Å². The topological polar surface area (TPSA) is 52.8 Å². The van der Waals surface area contributed by atoms with Gasteiger partial charge in [-0.15, -0.1) is 0 Å². The molecular formula is C27H33FN4O2. The summed E-state index contributed by atoms with van der Waals surface area (Å²) in [4.78, 5) is 19.6. The van der Waals surface area contributed by atoms with Crippen LogP contribution in [-0.2, 0) is 6.54 Å². The molecule has 0 saturated carbocycles. The number of halogens is 1. The van der Waals surface area contributed by atoms with Crippen LogP contribution < -0.4 is 4.90 Å². The van der Waals surface area contributed by atoms with Gasteiger partial charge in [0.1, 0.15) is 11.5 Å². The van der Waals surface area contributed by atoms with Crippen LogP contribution in [0.15, 0.2) is 59.1 Å². The van der Waals surface area contributed by atoms with Crippen LogP contribution in [0.4, 0.5) is 10.3 Å². The lowest BCUT2D eigenvalue weighted by atomic mass is 10.0. The van der Waals surface area contributed by atoms with Gasteiger partial charge in [-0.25, -0.2) is 4.39 Å². The molecule has 34 heavy (non-hydrogen) atoms. The predicted octanol–water partition coefficient (Wildman–Crippen LogP) is 5.06. The van der Waals surface area contributed by atoms with Gasteiger partial charge in [-0.2, -0.15) is 0 Å². The van der Waals surface area contributed by atoms with Crippen molar-refractivity contribution in [2.24, 2.45) is 0 Å². The number of carbonyl (C=O) groups excluding carboxylic acids is 1. The third-order valence-corrected chi connectivity index (χ3v) is 6.40. The second-order valence-corrected chi connectivity index (χ2v) is 9.26. The van der Waals surface area contributed by atoms with E-state index in [1.807, 2.05) is 49.3 Å². The highest BCUT2D eigenvalue weighted by Gasteiger charge is 2.30. The SMILES string of the molecule is CC1CCCCN1c1onc(-c2ccccc2)c1CN(CCN(C)C)C(=O)c1cccc(F)c1. The van der Waals surface area contributed by atoms with Crippen LogP contribution in [0.1, 0.15) is 42.1 Å². The first kappa shape index (κ1) is 24.0. The second-order valence-electron chi connectivity index (χ2n) is 9.26. The van der Waals surface area contributed by atoms with E-state index in [2.05, 4.69) is 17.0 Å². The normalized spacial score (nSPS) is 16.1. The van der Waals surface area contributed by atoms with E-state index in [-0.39, 0.29) is 5.91 Å². The highest BCUT2D eigenvalue weighted by molar-refractivity contribution is 5.94. The molecule has 7 heteroatoms. The average molecular weight is 465 g/mol. The molecule has 0 N–H and O–H groups in total. The van der Waals surface area contributed by atoms with E-state index in [1.165, 1.54) is 18.6 Å². The first-order valence-corrected chi connectivity index (χ1v) is 11.9. The molecule has 3 aromatic rings. The van der Waals surface area contributed by atoms with Gasteiger partial charge in [0, 0.05) is 36.8 Å². The Balaban J connectivity index is 1.74. The fourth-order valence-electron chi connectivity index (χ4n) is 4.46. The minimum Gasteiger partial charge on any atom is -0.338 e. The van der Waals surface area contributed by atoms with E-state index < -0.39 is 5.82 Å². The molecule has 1 fully saturated rings. The van der Waals surface area contributed by atoms with Crippen molar-refractivity contribution in [2.75, 3.05) is 38.6 Å². The van der Waals surface area contributed by atoms with E-state index >= 15 is 0 Å². The lowest BCUT2D eigenvalue weighted by molar-refractivity contribution is 0.0731. The van der Waals surface area contributed by atoms with Gasteiger partial charge in [0.2, 0.25) is 5.88 Å². The van der Waals surface area contributed by atoms with Crippen molar-refractivity contribution >= 4 is 11.8 Å². The molecule has 1 aromatic heterocycles. The van der Waals surface area contributed by atoms with E-state index in [1.54, 1.807) is 17.0 Å². The summed E-state index contributed by atoms with van der Waals surface area (Å²) in [5, 5.41) is 4.47. The van der Waals surface area contributed by atoms with Crippen LogP contribution in [0.2, 0.25) is 0 Å². The summed E-state index contributed by atoms with van der Waals surface area (Å²) in [7, 11) is 3.95. The zero-order valence-corrected chi connectivity index (χ0v) is 20.2. The van der Waals surface area contributed by atoms with Crippen molar-refractivity contribution in [1.82, 2.24) is 15.0 Å². The van der Waals surface area contributed by atoms with Crippen molar-refractivity contribution in [1.29, 1.82) is 0 Å². The van der Waals surface area contributed by atoms with Gasteiger partial charge in [0.25, 0.3) is 5.91 Å². The smallest absolute Gasteiger partial charge is 0.254 e. The van der Waals surface area contributed by atoms with Gasteiger partial charge < -0.3 is 19.2 Å². The fourth-order valence-corrected chi connectivity index (χ4v) is 4.46. The van der Waals surface area contributed by atoms with Gasteiger partial charge in [-0.05, 0) is 58.5 Å². The van der Waals surface area contributed by atoms with Crippen LogP contribution in [0, 0.1) is 5.82 Å². The Morgan fingerprint density at radius 3 is 2.62 bits per heavy atom. The van der Waals surface area contributed by atoms with Gasteiger partial charge in [-0.3, -0.25) is 4.79 Å². The number of likely N-dealkylation sites (N-methyl/N-ethyl adjacent to an activating group) is 1. The maximum absolute atomic E-state index is 13.9.